The summed E-state index contributed by atoms with van der Waals surface area (Å²) in [5.41, 5.74) is 0.413. The summed E-state index contributed by atoms with van der Waals surface area (Å²) >= 11 is 11.9. The molecule has 140 valence electrons. The molecule has 1 heterocycles. The van der Waals surface area contributed by atoms with Crippen LogP contribution in [0.2, 0.25) is 10.0 Å². The standard InChI is InChI=1S/C18H13Cl2FN2O3S/c1-11-8-12(19)9-16(20)18(11)27(24,25)23-17-7-6-15(10-22-17)26-14-4-2-13(21)3-5-14/h2-10H,1H3,(H,22,23). The second kappa shape index (κ2) is 7.72. The second-order valence-electron chi connectivity index (χ2n) is 5.57. The van der Waals surface area contributed by atoms with Crippen molar-refractivity contribution >= 4 is 39.0 Å². The summed E-state index contributed by atoms with van der Waals surface area (Å²) in [4.78, 5) is 3.95. The Hall–Kier alpha value is -2.35. The first-order valence-electron chi connectivity index (χ1n) is 7.62. The van der Waals surface area contributed by atoms with Gasteiger partial charge in [0.25, 0.3) is 10.0 Å². The van der Waals surface area contributed by atoms with E-state index >= 15 is 0 Å². The number of hydrogen-bond acceptors (Lipinski definition) is 4. The SMILES string of the molecule is Cc1cc(Cl)cc(Cl)c1S(=O)(=O)Nc1ccc(Oc2ccc(F)cc2)cn1. The number of halogens is 3. The molecule has 0 aliphatic carbocycles. The van der Waals surface area contributed by atoms with E-state index < -0.39 is 10.0 Å². The van der Waals surface area contributed by atoms with Gasteiger partial charge in [-0.25, -0.2) is 17.8 Å². The third kappa shape index (κ3) is 4.68. The van der Waals surface area contributed by atoms with E-state index in [1.807, 2.05) is 0 Å². The number of nitrogens with one attached hydrogen (secondary N) is 1. The molecule has 3 aromatic rings. The molecule has 0 saturated carbocycles. The molecule has 0 atom stereocenters. The first-order valence-corrected chi connectivity index (χ1v) is 9.86. The Balaban J connectivity index is 1.79. The highest BCUT2D eigenvalue weighted by atomic mass is 35.5. The van der Waals surface area contributed by atoms with Gasteiger partial charge in [-0.05, 0) is 61.0 Å². The van der Waals surface area contributed by atoms with Crippen LogP contribution in [0.5, 0.6) is 11.5 Å². The maximum absolute atomic E-state index is 12.9. The van der Waals surface area contributed by atoms with Gasteiger partial charge in [0.1, 0.15) is 28.0 Å². The largest absolute Gasteiger partial charge is 0.456 e. The fourth-order valence-corrected chi connectivity index (χ4v) is 4.55. The normalized spacial score (nSPS) is 11.3. The number of pyridine rings is 1. The lowest BCUT2D eigenvalue weighted by Gasteiger charge is -2.12. The van der Waals surface area contributed by atoms with Crippen LogP contribution in [0.1, 0.15) is 5.56 Å². The van der Waals surface area contributed by atoms with Crippen LogP contribution < -0.4 is 9.46 Å². The fraction of sp³-hybridized carbons (Fsp3) is 0.0556. The molecule has 0 bridgehead atoms. The average Bonchev–Trinajstić information content (AvgIpc) is 2.57. The molecule has 1 N–H and O–H groups in total. The van der Waals surface area contributed by atoms with Gasteiger partial charge < -0.3 is 4.74 Å². The smallest absolute Gasteiger partial charge is 0.264 e. The van der Waals surface area contributed by atoms with Crippen LogP contribution in [0.25, 0.3) is 0 Å². The first kappa shape index (κ1) is 19.4. The van der Waals surface area contributed by atoms with Crippen molar-refractivity contribution in [3.05, 3.63) is 76.2 Å². The van der Waals surface area contributed by atoms with Gasteiger partial charge in [-0.15, -0.1) is 0 Å². The number of aryl methyl sites for hydroxylation is 1. The van der Waals surface area contributed by atoms with E-state index in [2.05, 4.69) is 9.71 Å². The van der Waals surface area contributed by atoms with Crippen molar-refractivity contribution in [3.63, 3.8) is 0 Å². The highest BCUT2D eigenvalue weighted by Gasteiger charge is 2.22. The van der Waals surface area contributed by atoms with Crippen LogP contribution in [0.4, 0.5) is 10.2 Å². The van der Waals surface area contributed by atoms with Crippen molar-refractivity contribution in [2.24, 2.45) is 0 Å². The summed E-state index contributed by atoms with van der Waals surface area (Å²) in [6.45, 7) is 1.60. The number of nitrogens with zero attached hydrogens (tertiary/aromatic N) is 1. The number of ether oxygens (including phenoxy) is 1. The minimum atomic E-state index is -3.95. The van der Waals surface area contributed by atoms with Crippen molar-refractivity contribution in [2.75, 3.05) is 4.72 Å². The number of sulfonamides is 1. The Kier molecular flexibility index (Phi) is 5.55. The van der Waals surface area contributed by atoms with Gasteiger partial charge in [0.2, 0.25) is 0 Å². The molecule has 1 aromatic heterocycles. The molecule has 0 saturated heterocycles. The number of hydrogen-bond donors (Lipinski definition) is 1. The molecular formula is C18H13Cl2FN2O3S. The van der Waals surface area contributed by atoms with Gasteiger partial charge in [-0.1, -0.05) is 23.2 Å². The first-order chi connectivity index (χ1) is 12.7. The molecule has 27 heavy (non-hydrogen) atoms. The summed E-state index contributed by atoms with van der Waals surface area (Å²) in [7, 11) is -3.95. The topological polar surface area (TPSA) is 68.3 Å². The van der Waals surface area contributed by atoms with Crippen LogP contribution in [0.3, 0.4) is 0 Å². The minimum absolute atomic E-state index is 0.0174. The highest BCUT2D eigenvalue weighted by molar-refractivity contribution is 7.92. The predicted octanol–water partition coefficient (Wildman–Crippen LogP) is 5.43. The van der Waals surface area contributed by atoms with Gasteiger partial charge in [-0.2, -0.15) is 0 Å². The van der Waals surface area contributed by atoms with Crippen molar-refractivity contribution in [1.29, 1.82) is 0 Å². The predicted molar refractivity (Wildman–Crippen MR) is 103 cm³/mol. The maximum Gasteiger partial charge on any atom is 0.264 e. The van der Waals surface area contributed by atoms with E-state index in [0.717, 1.165) is 0 Å². The number of anilines is 1. The summed E-state index contributed by atoms with van der Waals surface area (Å²) in [6, 6.07) is 11.3. The minimum Gasteiger partial charge on any atom is -0.456 e. The molecule has 0 fully saturated rings. The fourth-order valence-electron chi connectivity index (χ4n) is 2.36. The molecular weight excluding hydrogens is 414 g/mol. The average molecular weight is 427 g/mol. The Morgan fingerprint density at radius 1 is 1.04 bits per heavy atom. The highest BCUT2D eigenvalue weighted by Crippen LogP contribution is 2.30. The van der Waals surface area contributed by atoms with Crippen molar-refractivity contribution in [2.45, 2.75) is 11.8 Å². The van der Waals surface area contributed by atoms with Gasteiger partial charge in [0, 0.05) is 5.02 Å². The number of rotatable bonds is 5. The third-order valence-electron chi connectivity index (χ3n) is 3.49. The van der Waals surface area contributed by atoms with E-state index in [1.165, 1.54) is 54.7 Å². The second-order valence-corrected chi connectivity index (χ2v) is 8.04. The molecule has 9 heteroatoms. The third-order valence-corrected chi connectivity index (χ3v) is 5.67. The monoisotopic (exact) mass is 426 g/mol. The van der Waals surface area contributed by atoms with Crippen molar-refractivity contribution in [1.82, 2.24) is 4.98 Å². The van der Waals surface area contributed by atoms with Crippen LogP contribution in [-0.4, -0.2) is 13.4 Å². The molecule has 0 amide bonds. The van der Waals surface area contributed by atoms with Crippen LogP contribution in [0, 0.1) is 12.7 Å². The zero-order chi connectivity index (χ0) is 19.6. The quantitative estimate of drug-likeness (QED) is 0.590. The zero-order valence-electron chi connectivity index (χ0n) is 13.9. The van der Waals surface area contributed by atoms with E-state index in [1.54, 1.807) is 6.92 Å². The van der Waals surface area contributed by atoms with Gasteiger partial charge in [0.05, 0.1) is 11.2 Å². The lowest BCUT2D eigenvalue weighted by molar-refractivity contribution is 0.478. The van der Waals surface area contributed by atoms with E-state index in [-0.39, 0.29) is 21.6 Å². The van der Waals surface area contributed by atoms with Crippen molar-refractivity contribution in [3.8, 4) is 11.5 Å². The number of benzene rings is 2. The van der Waals surface area contributed by atoms with Crippen LogP contribution >= 0.6 is 23.2 Å². The number of aromatic nitrogens is 1. The Morgan fingerprint density at radius 2 is 1.70 bits per heavy atom. The molecule has 0 aliphatic rings. The van der Waals surface area contributed by atoms with E-state index in [4.69, 9.17) is 27.9 Å². The molecule has 0 radical (unpaired) electrons. The Bertz CT molecular complexity index is 1050. The lowest BCUT2D eigenvalue weighted by atomic mass is 10.2. The van der Waals surface area contributed by atoms with Gasteiger partial charge >= 0.3 is 0 Å². The lowest BCUT2D eigenvalue weighted by Crippen LogP contribution is -2.15. The zero-order valence-corrected chi connectivity index (χ0v) is 16.2. The van der Waals surface area contributed by atoms with Gasteiger partial charge in [0.15, 0.2) is 0 Å². The summed E-state index contributed by atoms with van der Waals surface area (Å²) < 4.78 is 46.0. The molecule has 5 nitrogen and oxygen atoms in total. The summed E-state index contributed by atoms with van der Waals surface area (Å²) in [6.07, 6.45) is 1.34. The molecule has 0 unspecified atom stereocenters. The van der Waals surface area contributed by atoms with E-state index in [0.29, 0.717) is 22.1 Å². The van der Waals surface area contributed by atoms with Crippen molar-refractivity contribution < 1.29 is 17.5 Å². The maximum atomic E-state index is 12.9. The Labute approximate surface area is 165 Å². The molecule has 3 rings (SSSR count). The van der Waals surface area contributed by atoms with Gasteiger partial charge in [-0.3, -0.25) is 4.72 Å². The Morgan fingerprint density at radius 3 is 2.30 bits per heavy atom. The summed E-state index contributed by atoms with van der Waals surface area (Å²) in [5.74, 6) is 0.508. The molecule has 0 aliphatic heterocycles. The molecule has 2 aromatic carbocycles. The van der Waals surface area contributed by atoms with Crippen LogP contribution in [-0.2, 0) is 10.0 Å². The summed E-state index contributed by atoms with van der Waals surface area (Å²) in [5, 5.41) is 0.362. The molecule has 0 spiro atoms. The van der Waals surface area contributed by atoms with E-state index in [9.17, 15) is 12.8 Å². The van der Waals surface area contributed by atoms with Crippen LogP contribution in [0.15, 0.2) is 59.6 Å².